The van der Waals surface area contributed by atoms with Gasteiger partial charge in [-0.1, -0.05) is 78.2 Å². The van der Waals surface area contributed by atoms with E-state index in [0.29, 0.717) is 13.0 Å². The molecule has 0 saturated carbocycles. The molecule has 21 heavy (non-hydrogen) atoms. The maximum Gasteiger partial charge on any atom is 0.332 e. The predicted octanol–water partition coefficient (Wildman–Crippen LogP) is 5.39. The van der Waals surface area contributed by atoms with Crippen molar-refractivity contribution in [3.63, 3.8) is 0 Å². The van der Waals surface area contributed by atoms with Crippen LogP contribution in [0, 0.1) is 0 Å². The second-order valence-corrected chi connectivity index (χ2v) is 5.53. The van der Waals surface area contributed by atoms with Gasteiger partial charge >= 0.3 is 5.97 Å². The number of carbonyl (C=O) groups is 1. The van der Waals surface area contributed by atoms with Crippen molar-refractivity contribution in [2.75, 3.05) is 6.61 Å². The molecule has 124 valence electrons. The summed E-state index contributed by atoms with van der Waals surface area (Å²) >= 11 is 0. The Bertz CT molecular complexity index is 251. The minimum atomic E-state index is -0.422. The Morgan fingerprint density at radius 1 is 0.952 bits per heavy atom. The molecule has 0 saturated heterocycles. The highest BCUT2D eigenvalue weighted by molar-refractivity contribution is 5.81. The van der Waals surface area contributed by atoms with Gasteiger partial charge in [0, 0.05) is 12.5 Å². The summed E-state index contributed by atoms with van der Waals surface area (Å²) in [5.74, 6) is -0.412. The molecule has 0 N–H and O–H groups in total. The topological polar surface area (TPSA) is 35.5 Å². The lowest BCUT2D eigenvalue weighted by atomic mass is 10.1. The normalized spacial score (nSPS) is 12.1. The van der Waals surface area contributed by atoms with Crippen LogP contribution in [0.5, 0.6) is 0 Å². The second-order valence-electron chi connectivity index (χ2n) is 5.53. The van der Waals surface area contributed by atoms with Crippen molar-refractivity contribution in [3.05, 3.63) is 12.7 Å². The number of hydrogen-bond donors (Lipinski definition) is 0. The van der Waals surface area contributed by atoms with Crippen molar-refractivity contribution in [1.82, 2.24) is 0 Å². The van der Waals surface area contributed by atoms with Crippen LogP contribution in [-0.2, 0) is 14.3 Å². The van der Waals surface area contributed by atoms with Crippen LogP contribution in [0.15, 0.2) is 12.7 Å². The van der Waals surface area contributed by atoms with Gasteiger partial charge in [-0.15, -0.1) is 0 Å². The third kappa shape index (κ3) is 13.9. The van der Waals surface area contributed by atoms with E-state index >= 15 is 0 Å². The lowest BCUT2D eigenvalue weighted by Gasteiger charge is -2.15. The fourth-order valence-electron chi connectivity index (χ4n) is 2.22. The summed E-state index contributed by atoms with van der Waals surface area (Å²) in [5.41, 5.74) is 0. The molecule has 0 aliphatic heterocycles. The van der Waals surface area contributed by atoms with Gasteiger partial charge in [0.2, 0.25) is 6.29 Å². The molecule has 1 unspecified atom stereocenters. The van der Waals surface area contributed by atoms with Crippen molar-refractivity contribution in [2.45, 2.75) is 90.8 Å². The van der Waals surface area contributed by atoms with Gasteiger partial charge in [0.25, 0.3) is 0 Å². The zero-order valence-corrected chi connectivity index (χ0v) is 14.1. The molecule has 0 aliphatic rings. The van der Waals surface area contributed by atoms with Crippen molar-refractivity contribution in [1.29, 1.82) is 0 Å². The van der Waals surface area contributed by atoms with E-state index in [1.165, 1.54) is 63.9 Å². The van der Waals surface area contributed by atoms with E-state index in [0.717, 1.165) is 6.42 Å². The van der Waals surface area contributed by atoms with E-state index in [1.54, 1.807) is 0 Å². The van der Waals surface area contributed by atoms with Gasteiger partial charge < -0.3 is 9.47 Å². The molecule has 1 atom stereocenters. The highest BCUT2D eigenvalue weighted by atomic mass is 16.7. The summed E-state index contributed by atoms with van der Waals surface area (Å²) < 4.78 is 10.6. The zero-order valence-electron chi connectivity index (χ0n) is 14.1. The van der Waals surface area contributed by atoms with Gasteiger partial charge in [-0.05, 0) is 6.42 Å². The quantitative estimate of drug-likeness (QED) is 0.176. The SMILES string of the molecule is C=CC(=O)OC(CC)OCCCCCCCCCCCC. The molecule has 0 bridgehead atoms. The summed E-state index contributed by atoms with van der Waals surface area (Å²) in [7, 11) is 0. The summed E-state index contributed by atoms with van der Waals surface area (Å²) in [5, 5.41) is 0. The van der Waals surface area contributed by atoms with E-state index in [2.05, 4.69) is 13.5 Å². The first kappa shape index (κ1) is 20.2. The Hall–Kier alpha value is -0.830. The highest BCUT2D eigenvalue weighted by Gasteiger charge is 2.09. The molecule has 0 radical (unpaired) electrons. The Kier molecular flexibility index (Phi) is 14.9. The number of rotatable bonds is 15. The Morgan fingerprint density at radius 3 is 1.95 bits per heavy atom. The molecule has 0 aromatic rings. The number of hydrogen-bond acceptors (Lipinski definition) is 3. The Labute approximate surface area is 131 Å². The number of carbonyl (C=O) groups excluding carboxylic acids is 1. The average Bonchev–Trinajstić information content (AvgIpc) is 2.51. The zero-order chi connectivity index (χ0) is 15.8. The minimum absolute atomic E-state index is 0.412. The van der Waals surface area contributed by atoms with Gasteiger partial charge in [0.05, 0.1) is 6.61 Å². The molecule has 0 aromatic carbocycles. The first-order valence-electron chi connectivity index (χ1n) is 8.69. The lowest BCUT2D eigenvalue weighted by Crippen LogP contribution is -2.20. The van der Waals surface area contributed by atoms with Crippen molar-refractivity contribution in [2.24, 2.45) is 0 Å². The molecule has 3 heteroatoms. The number of ether oxygens (including phenoxy) is 2. The maximum absolute atomic E-state index is 11.1. The molecule has 0 aliphatic carbocycles. The third-order valence-corrected chi connectivity index (χ3v) is 3.55. The van der Waals surface area contributed by atoms with Crippen LogP contribution in [0.4, 0.5) is 0 Å². The second kappa shape index (κ2) is 15.6. The van der Waals surface area contributed by atoms with Gasteiger partial charge in [-0.25, -0.2) is 4.79 Å². The largest absolute Gasteiger partial charge is 0.433 e. The molecule has 0 rings (SSSR count). The van der Waals surface area contributed by atoms with Crippen LogP contribution < -0.4 is 0 Å². The summed E-state index contributed by atoms with van der Waals surface area (Å²) in [6.07, 6.45) is 14.5. The first-order chi connectivity index (χ1) is 10.2. The lowest BCUT2D eigenvalue weighted by molar-refractivity contribution is -0.173. The molecule has 0 aromatic heterocycles. The van der Waals surface area contributed by atoms with Crippen molar-refractivity contribution < 1.29 is 14.3 Å². The molecular weight excluding hydrogens is 264 g/mol. The van der Waals surface area contributed by atoms with Crippen LogP contribution >= 0.6 is 0 Å². The fourth-order valence-corrected chi connectivity index (χ4v) is 2.22. The molecule has 0 fully saturated rings. The minimum Gasteiger partial charge on any atom is -0.433 e. The monoisotopic (exact) mass is 298 g/mol. The van der Waals surface area contributed by atoms with Crippen LogP contribution in [0.3, 0.4) is 0 Å². The van der Waals surface area contributed by atoms with Crippen LogP contribution in [0.25, 0.3) is 0 Å². The van der Waals surface area contributed by atoms with Crippen molar-refractivity contribution >= 4 is 5.97 Å². The fraction of sp³-hybridized carbons (Fsp3) is 0.833. The maximum atomic E-state index is 11.1. The summed E-state index contributed by atoms with van der Waals surface area (Å²) in [6, 6.07) is 0. The summed E-state index contributed by atoms with van der Waals surface area (Å²) in [4.78, 5) is 11.1. The van der Waals surface area contributed by atoms with Gasteiger partial charge in [-0.3, -0.25) is 0 Å². The molecule has 0 spiro atoms. The number of esters is 1. The van der Waals surface area contributed by atoms with Gasteiger partial charge in [0.15, 0.2) is 0 Å². The predicted molar refractivity (Wildman–Crippen MR) is 88.2 cm³/mol. The Balaban J connectivity index is 3.30. The summed E-state index contributed by atoms with van der Waals surface area (Å²) in [6.45, 7) is 8.24. The standard InChI is InChI=1S/C18H34O3/c1-4-7-8-9-10-11-12-13-14-15-16-20-18(6-3)21-17(19)5-2/h5,18H,2,4,6-16H2,1,3H3. The van der Waals surface area contributed by atoms with Crippen LogP contribution in [-0.4, -0.2) is 18.9 Å². The van der Waals surface area contributed by atoms with E-state index in [9.17, 15) is 4.79 Å². The van der Waals surface area contributed by atoms with E-state index in [4.69, 9.17) is 9.47 Å². The first-order valence-corrected chi connectivity index (χ1v) is 8.69. The van der Waals surface area contributed by atoms with E-state index in [-0.39, 0.29) is 0 Å². The van der Waals surface area contributed by atoms with E-state index < -0.39 is 12.3 Å². The van der Waals surface area contributed by atoms with Crippen LogP contribution in [0.2, 0.25) is 0 Å². The molecule has 0 heterocycles. The van der Waals surface area contributed by atoms with Crippen molar-refractivity contribution in [3.8, 4) is 0 Å². The van der Waals surface area contributed by atoms with Gasteiger partial charge in [-0.2, -0.15) is 0 Å². The molecule has 0 amide bonds. The molecular formula is C18H34O3. The number of unbranched alkanes of at least 4 members (excludes halogenated alkanes) is 9. The van der Waals surface area contributed by atoms with Crippen LogP contribution in [0.1, 0.15) is 84.5 Å². The Morgan fingerprint density at radius 2 is 1.48 bits per heavy atom. The highest BCUT2D eigenvalue weighted by Crippen LogP contribution is 2.11. The average molecular weight is 298 g/mol. The van der Waals surface area contributed by atoms with Gasteiger partial charge in [0.1, 0.15) is 0 Å². The third-order valence-electron chi connectivity index (χ3n) is 3.55. The smallest absolute Gasteiger partial charge is 0.332 e. The molecule has 3 nitrogen and oxygen atoms in total. The van der Waals surface area contributed by atoms with E-state index in [1.807, 2.05) is 6.92 Å².